The number of rotatable bonds is 4. The molecule has 0 fully saturated rings. The van der Waals surface area contributed by atoms with Crippen LogP contribution >= 0.6 is 0 Å². The number of hydrogen-bond acceptors (Lipinski definition) is 5. The van der Waals surface area contributed by atoms with Crippen molar-refractivity contribution in [2.45, 2.75) is 6.92 Å². The fraction of sp³-hybridized carbons (Fsp3) is 0.0500. The number of nitrogens with one attached hydrogen (secondary N) is 2. The van der Waals surface area contributed by atoms with Gasteiger partial charge in [-0.25, -0.2) is 0 Å². The number of hydrogen-bond donors (Lipinski definition) is 2. The van der Waals surface area contributed by atoms with Crippen LogP contribution in [0.4, 0.5) is 5.69 Å². The van der Waals surface area contributed by atoms with Gasteiger partial charge >= 0.3 is 0 Å². The first kappa shape index (κ1) is 16.6. The molecule has 0 saturated heterocycles. The third kappa shape index (κ3) is 3.18. The number of carbonyl (C=O) groups is 3. The molecule has 2 aromatic carbocycles. The van der Waals surface area contributed by atoms with E-state index in [9.17, 15) is 14.4 Å². The Balaban J connectivity index is 1.53. The predicted octanol–water partition coefficient (Wildman–Crippen LogP) is 3.52. The van der Waals surface area contributed by atoms with Crippen molar-refractivity contribution in [3.8, 4) is 11.5 Å². The number of anilines is 1. The molecule has 0 unspecified atom stereocenters. The summed E-state index contributed by atoms with van der Waals surface area (Å²) in [5.74, 6) is 0.267. The minimum absolute atomic E-state index is 0.275. The van der Waals surface area contributed by atoms with E-state index in [-0.39, 0.29) is 11.5 Å². The fourth-order valence-electron chi connectivity index (χ4n) is 2.80. The lowest BCUT2D eigenvalue weighted by Crippen LogP contribution is -2.19. The predicted molar refractivity (Wildman–Crippen MR) is 96.2 cm³/mol. The standard InChI is InChI=1S/C20H14N2O5/c1-11-15(7-8-26-11)18(23)21-12-3-2-4-13(9-12)27-14-5-6-16-17(10-14)20(25)22-19(16)24/h2-10H,1H3,(H,21,23)(H,22,24,25). The van der Waals surface area contributed by atoms with Crippen LogP contribution in [0.1, 0.15) is 36.8 Å². The van der Waals surface area contributed by atoms with Gasteiger partial charge in [-0.3, -0.25) is 19.7 Å². The Hall–Kier alpha value is -3.87. The van der Waals surface area contributed by atoms with Crippen LogP contribution in [0.2, 0.25) is 0 Å². The minimum atomic E-state index is -0.447. The van der Waals surface area contributed by atoms with E-state index in [4.69, 9.17) is 9.15 Å². The quantitative estimate of drug-likeness (QED) is 0.692. The van der Waals surface area contributed by atoms with E-state index >= 15 is 0 Å². The summed E-state index contributed by atoms with van der Waals surface area (Å²) in [6, 6.07) is 13.1. The van der Waals surface area contributed by atoms with Crippen LogP contribution in [-0.4, -0.2) is 17.7 Å². The molecule has 1 aliphatic heterocycles. The number of ether oxygens (including phenoxy) is 1. The van der Waals surface area contributed by atoms with Crippen molar-refractivity contribution < 1.29 is 23.5 Å². The molecule has 27 heavy (non-hydrogen) atoms. The van der Waals surface area contributed by atoms with E-state index in [1.54, 1.807) is 43.3 Å². The van der Waals surface area contributed by atoms with Gasteiger partial charge in [0.15, 0.2) is 0 Å². The number of aryl methyl sites for hydroxylation is 1. The van der Waals surface area contributed by atoms with Crippen molar-refractivity contribution in [1.82, 2.24) is 5.32 Å². The highest BCUT2D eigenvalue weighted by atomic mass is 16.5. The zero-order chi connectivity index (χ0) is 19.0. The van der Waals surface area contributed by atoms with Crippen LogP contribution in [-0.2, 0) is 0 Å². The second-order valence-corrected chi connectivity index (χ2v) is 5.97. The Morgan fingerprint density at radius 1 is 1.00 bits per heavy atom. The zero-order valence-electron chi connectivity index (χ0n) is 14.2. The van der Waals surface area contributed by atoms with Crippen LogP contribution in [0.15, 0.2) is 59.2 Å². The Morgan fingerprint density at radius 2 is 1.78 bits per heavy atom. The van der Waals surface area contributed by atoms with Crippen molar-refractivity contribution >= 4 is 23.4 Å². The summed E-state index contributed by atoms with van der Waals surface area (Å²) in [5, 5.41) is 5.01. The van der Waals surface area contributed by atoms with Crippen molar-refractivity contribution in [3.05, 3.63) is 77.2 Å². The van der Waals surface area contributed by atoms with Crippen molar-refractivity contribution in [3.63, 3.8) is 0 Å². The van der Waals surface area contributed by atoms with Crippen molar-refractivity contribution in [2.75, 3.05) is 5.32 Å². The van der Waals surface area contributed by atoms with Gasteiger partial charge in [0.05, 0.1) is 23.0 Å². The average molecular weight is 362 g/mol. The SMILES string of the molecule is Cc1occc1C(=O)Nc1cccc(Oc2ccc3c(c2)C(=O)NC3=O)c1. The van der Waals surface area contributed by atoms with Crippen molar-refractivity contribution in [2.24, 2.45) is 0 Å². The van der Waals surface area contributed by atoms with Gasteiger partial charge < -0.3 is 14.5 Å². The molecule has 0 bridgehead atoms. The third-order valence-corrected chi connectivity index (χ3v) is 4.14. The van der Waals surface area contributed by atoms with Crippen LogP contribution in [0.5, 0.6) is 11.5 Å². The van der Waals surface area contributed by atoms with Crippen LogP contribution in [0.25, 0.3) is 0 Å². The molecule has 3 amide bonds. The first-order valence-electron chi connectivity index (χ1n) is 8.14. The molecule has 0 spiro atoms. The van der Waals surface area contributed by atoms with E-state index in [1.807, 2.05) is 0 Å². The summed E-state index contributed by atoms with van der Waals surface area (Å²) in [5.41, 5.74) is 1.60. The molecule has 2 N–H and O–H groups in total. The van der Waals surface area contributed by atoms with E-state index < -0.39 is 11.8 Å². The van der Waals surface area contributed by atoms with E-state index in [0.29, 0.717) is 34.1 Å². The molecular formula is C20H14N2O5. The molecule has 1 aromatic heterocycles. The number of benzene rings is 2. The molecule has 134 valence electrons. The lowest BCUT2D eigenvalue weighted by atomic mass is 10.1. The van der Waals surface area contributed by atoms with E-state index in [0.717, 1.165) is 0 Å². The maximum absolute atomic E-state index is 12.3. The highest BCUT2D eigenvalue weighted by Crippen LogP contribution is 2.28. The number of fused-ring (bicyclic) bond motifs is 1. The first-order chi connectivity index (χ1) is 13.0. The second kappa shape index (κ2) is 6.45. The van der Waals surface area contributed by atoms with Crippen LogP contribution in [0, 0.1) is 6.92 Å². The molecular weight excluding hydrogens is 348 g/mol. The number of furan rings is 1. The van der Waals surface area contributed by atoms with Gasteiger partial charge in [0.25, 0.3) is 17.7 Å². The summed E-state index contributed by atoms with van der Waals surface area (Å²) in [4.78, 5) is 35.6. The Bertz CT molecular complexity index is 1080. The Morgan fingerprint density at radius 3 is 2.56 bits per heavy atom. The second-order valence-electron chi connectivity index (χ2n) is 5.97. The largest absolute Gasteiger partial charge is 0.469 e. The molecule has 7 heteroatoms. The Kier molecular flexibility index (Phi) is 3.97. The molecule has 0 saturated carbocycles. The van der Waals surface area contributed by atoms with E-state index in [2.05, 4.69) is 10.6 Å². The highest BCUT2D eigenvalue weighted by molar-refractivity contribution is 6.21. The monoisotopic (exact) mass is 362 g/mol. The molecule has 1 aliphatic rings. The molecule has 3 aromatic rings. The fourth-order valence-corrected chi connectivity index (χ4v) is 2.80. The zero-order valence-corrected chi connectivity index (χ0v) is 14.2. The minimum Gasteiger partial charge on any atom is -0.469 e. The van der Waals surface area contributed by atoms with Gasteiger partial charge in [0, 0.05) is 11.8 Å². The van der Waals surface area contributed by atoms with Crippen molar-refractivity contribution in [1.29, 1.82) is 0 Å². The summed E-state index contributed by atoms with van der Waals surface area (Å²) in [6.07, 6.45) is 1.46. The molecule has 0 aliphatic carbocycles. The molecule has 0 atom stereocenters. The normalized spacial score (nSPS) is 12.5. The lowest BCUT2D eigenvalue weighted by Gasteiger charge is -2.09. The van der Waals surface area contributed by atoms with Gasteiger partial charge in [-0.15, -0.1) is 0 Å². The first-order valence-corrected chi connectivity index (χ1v) is 8.14. The van der Waals surface area contributed by atoms with Gasteiger partial charge in [0.1, 0.15) is 17.3 Å². The maximum Gasteiger partial charge on any atom is 0.259 e. The van der Waals surface area contributed by atoms with Gasteiger partial charge in [-0.05, 0) is 43.3 Å². The summed E-state index contributed by atoms with van der Waals surface area (Å²) in [7, 11) is 0. The molecule has 4 rings (SSSR count). The molecule has 2 heterocycles. The summed E-state index contributed by atoms with van der Waals surface area (Å²) >= 11 is 0. The number of amides is 3. The topological polar surface area (TPSA) is 97.6 Å². The van der Waals surface area contributed by atoms with Crippen LogP contribution < -0.4 is 15.4 Å². The maximum atomic E-state index is 12.3. The number of carbonyl (C=O) groups excluding carboxylic acids is 3. The van der Waals surface area contributed by atoms with Crippen LogP contribution in [0.3, 0.4) is 0 Å². The van der Waals surface area contributed by atoms with Gasteiger partial charge in [0.2, 0.25) is 0 Å². The third-order valence-electron chi connectivity index (χ3n) is 4.14. The Labute approximate surface area is 153 Å². The lowest BCUT2D eigenvalue weighted by molar-refractivity contribution is 0.0878. The van der Waals surface area contributed by atoms with Gasteiger partial charge in [-0.2, -0.15) is 0 Å². The van der Waals surface area contributed by atoms with E-state index in [1.165, 1.54) is 18.4 Å². The smallest absolute Gasteiger partial charge is 0.259 e. The molecule has 7 nitrogen and oxygen atoms in total. The summed E-state index contributed by atoms with van der Waals surface area (Å²) in [6.45, 7) is 1.71. The van der Waals surface area contributed by atoms with Gasteiger partial charge in [-0.1, -0.05) is 6.07 Å². The summed E-state index contributed by atoms with van der Waals surface area (Å²) < 4.78 is 10.9. The molecule has 0 radical (unpaired) electrons. The highest BCUT2D eigenvalue weighted by Gasteiger charge is 2.27. The number of imide groups is 1. The average Bonchev–Trinajstić information content (AvgIpc) is 3.19.